The Balaban J connectivity index is 2.44. The molecule has 2 nitrogen and oxygen atoms in total. The summed E-state index contributed by atoms with van der Waals surface area (Å²) in [5.41, 5.74) is 2.53. The van der Waals surface area contributed by atoms with Crippen molar-refractivity contribution in [1.29, 1.82) is 0 Å². The van der Waals surface area contributed by atoms with E-state index >= 15 is 0 Å². The summed E-state index contributed by atoms with van der Waals surface area (Å²) in [6.45, 7) is 6.65. The highest BCUT2D eigenvalue weighted by Crippen LogP contribution is 2.10. The van der Waals surface area contributed by atoms with E-state index in [0.29, 0.717) is 6.54 Å². The van der Waals surface area contributed by atoms with E-state index in [0.717, 1.165) is 17.9 Å². The number of aryl methyl sites for hydroxylation is 1. The van der Waals surface area contributed by atoms with Crippen molar-refractivity contribution in [3.8, 4) is 0 Å². The van der Waals surface area contributed by atoms with Crippen molar-refractivity contribution < 1.29 is 4.79 Å². The van der Waals surface area contributed by atoms with Crippen LogP contribution in [-0.4, -0.2) is 5.91 Å². The zero-order valence-electron chi connectivity index (χ0n) is 10.4. The van der Waals surface area contributed by atoms with Gasteiger partial charge < -0.3 is 5.32 Å². The van der Waals surface area contributed by atoms with Gasteiger partial charge in [0.15, 0.2) is 0 Å². The summed E-state index contributed by atoms with van der Waals surface area (Å²) in [6.07, 6.45) is 2.36. The molecule has 0 radical (unpaired) electrons. The number of hydrogen-bond acceptors (Lipinski definition) is 1. The molecule has 2 heteroatoms. The predicted octanol–water partition coefficient (Wildman–Crippen LogP) is 2.91. The van der Waals surface area contributed by atoms with Crippen LogP contribution < -0.4 is 5.32 Å². The van der Waals surface area contributed by atoms with Gasteiger partial charge in [0, 0.05) is 13.5 Å². The summed E-state index contributed by atoms with van der Waals surface area (Å²) in [5, 5.41) is 2.79. The molecule has 0 fully saturated rings. The Morgan fingerprint density at radius 3 is 2.25 bits per heavy atom. The van der Waals surface area contributed by atoms with E-state index in [2.05, 4.69) is 43.4 Å². The first kappa shape index (κ1) is 12.8. The van der Waals surface area contributed by atoms with E-state index < -0.39 is 0 Å². The van der Waals surface area contributed by atoms with Crippen LogP contribution in [0.3, 0.4) is 0 Å². The maximum atomic E-state index is 10.8. The molecule has 1 aromatic carbocycles. The Morgan fingerprint density at radius 1 is 1.19 bits per heavy atom. The number of carbonyl (C=O) groups is 1. The van der Waals surface area contributed by atoms with Gasteiger partial charge in [-0.3, -0.25) is 4.79 Å². The molecule has 16 heavy (non-hydrogen) atoms. The third kappa shape index (κ3) is 4.96. The quantitative estimate of drug-likeness (QED) is 0.810. The van der Waals surface area contributed by atoms with Gasteiger partial charge in [-0.15, -0.1) is 0 Å². The Hall–Kier alpha value is -1.31. The lowest BCUT2D eigenvalue weighted by molar-refractivity contribution is -0.119. The number of rotatable bonds is 5. The topological polar surface area (TPSA) is 29.1 Å². The van der Waals surface area contributed by atoms with Crippen molar-refractivity contribution in [3.05, 3.63) is 35.4 Å². The van der Waals surface area contributed by atoms with E-state index in [1.165, 1.54) is 18.9 Å². The first-order valence-corrected chi connectivity index (χ1v) is 5.90. The molecular formula is C14H21NO. The molecule has 0 spiro atoms. The van der Waals surface area contributed by atoms with E-state index in [1.807, 2.05) is 0 Å². The van der Waals surface area contributed by atoms with Crippen LogP contribution in [0.1, 0.15) is 38.3 Å². The summed E-state index contributed by atoms with van der Waals surface area (Å²) >= 11 is 0. The molecule has 0 bridgehead atoms. The SMILES string of the molecule is CC(=O)NCc1ccc(CCC(C)C)cc1. The minimum Gasteiger partial charge on any atom is -0.352 e. The zero-order valence-corrected chi connectivity index (χ0v) is 10.4. The number of hydrogen-bond donors (Lipinski definition) is 1. The summed E-state index contributed by atoms with van der Waals surface area (Å²) in [6, 6.07) is 8.48. The van der Waals surface area contributed by atoms with Gasteiger partial charge in [0.05, 0.1) is 0 Å². The lowest BCUT2D eigenvalue weighted by Crippen LogP contribution is -2.18. The van der Waals surface area contributed by atoms with Gasteiger partial charge in [-0.25, -0.2) is 0 Å². The molecule has 0 heterocycles. The van der Waals surface area contributed by atoms with Gasteiger partial charge in [0.1, 0.15) is 0 Å². The molecule has 1 N–H and O–H groups in total. The lowest BCUT2D eigenvalue weighted by Gasteiger charge is -2.06. The van der Waals surface area contributed by atoms with Crippen LogP contribution in [-0.2, 0) is 17.8 Å². The average molecular weight is 219 g/mol. The molecule has 0 saturated carbocycles. The maximum Gasteiger partial charge on any atom is 0.217 e. The number of carbonyl (C=O) groups excluding carboxylic acids is 1. The first-order chi connectivity index (χ1) is 7.58. The maximum absolute atomic E-state index is 10.8. The molecule has 0 atom stereocenters. The summed E-state index contributed by atoms with van der Waals surface area (Å²) in [4.78, 5) is 10.8. The van der Waals surface area contributed by atoms with Crippen LogP contribution in [0.4, 0.5) is 0 Å². The fourth-order valence-electron chi connectivity index (χ4n) is 1.51. The molecule has 0 saturated heterocycles. The molecule has 88 valence electrons. The molecule has 0 unspecified atom stereocenters. The highest BCUT2D eigenvalue weighted by Gasteiger charge is 1.98. The molecule has 0 aliphatic heterocycles. The second kappa shape index (κ2) is 6.31. The lowest BCUT2D eigenvalue weighted by atomic mass is 10.0. The number of nitrogens with one attached hydrogen (secondary N) is 1. The minimum absolute atomic E-state index is 0.0175. The molecule has 0 aliphatic carbocycles. The van der Waals surface area contributed by atoms with Gasteiger partial charge >= 0.3 is 0 Å². The van der Waals surface area contributed by atoms with Crippen LogP contribution in [0.5, 0.6) is 0 Å². The van der Waals surface area contributed by atoms with Crippen molar-refractivity contribution in [2.75, 3.05) is 0 Å². The molecule has 0 aromatic heterocycles. The van der Waals surface area contributed by atoms with Gasteiger partial charge in [-0.05, 0) is 29.9 Å². The third-order valence-corrected chi connectivity index (χ3v) is 2.57. The molecule has 0 aliphatic rings. The third-order valence-electron chi connectivity index (χ3n) is 2.57. The zero-order chi connectivity index (χ0) is 12.0. The van der Waals surface area contributed by atoms with E-state index in [-0.39, 0.29) is 5.91 Å². The van der Waals surface area contributed by atoms with Crippen molar-refractivity contribution in [2.24, 2.45) is 5.92 Å². The van der Waals surface area contributed by atoms with Gasteiger partial charge in [0.25, 0.3) is 0 Å². The van der Waals surface area contributed by atoms with Crippen molar-refractivity contribution in [2.45, 2.75) is 40.2 Å². The minimum atomic E-state index is 0.0175. The Bertz CT molecular complexity index is 327. The average Bonchev–Trinajstić information content (AvgIpc) is 2.25. The van der Waals surface area contributed by atoms with Gasteiger partial charge in [-0.1, -0.05) is 38.1 Å². The second-order valence-corrected chi connectivity index (χ2v) is 4.66. The largest absolute Gasteiger partial charge is 0.352 e. The highest BCUT2D eigenvalue weighted by atomic mass is 16.1. The van der Waals surface area contributed by atoms with Gasteiger partial charge in [0.2, 0.25) is 5.91 Å². The smallest absolute Gasteiger partial charge is 0.217 e. The van der Waals surface area contributed by atoms with Crippen molar-refractivity contribution in [1.82, 2.24) is 5.32 Å². The Labute approximate surface area is 98.1 Å². The fourth-order valence-corrected chi connectivity index (χ4v) is 1.51. The Morgan fingerprint density at radius 2 is 1.75 bits per heavy atom. The highest BCUT2D eigenvalue weighted by molar-refractivity contribution is 5.72. The van der Waals surface area contributed by atoms with Crippen LogP contribution in [0.25, 0.3) is 0 Å². The molecule has 1 aromatic rings. The molecule has 1 amide bonds. The summed E-state index contributed by atoms with van der Waals surface area (Å²) in [7, 11) is 0. The summed E-state index contributed by atoms with van der Waals surface area (Å²) in [5.74, 6) is 0.767. The van der Waals surface area contributed by atoms with Gasteiger partial charge in [-0.2, -0.15) is 0 Å². The van der Waals surface area contributed by atoms with E-state index in [4.69, 9.17) is 0 Å². The van der Waals surface area contributed by atoms with Crippen LogP contribution >= 0.6 is 0 Å². The fraction of sp³-hybridized carbons (Fsp3) is 0.500. The first-order valence-electron chi connectivity index (χ1n) is 5.90. The van der Waals surface area contributed by atoms with Crippen LogP contribution in [0.15, 0.2) is 24.3 Å². The standard InChI is InChI=1S/C14H21NO/c1-11(2)4-5-13-6-8-14(9-7-13)10-15-12(3)16/h6-9,11H,4-5,10H2,1-3H3,(H,15,16). The predicted molar refractivity (Wildman–Crippen MR) is 67.1 cm³/mol. The molecule has 1 rings (SSSR count). The monoisotopic (exact) mass is 219 g/mol. The molecular weight excluding hydrogens is 198 g/mol. The second-order valence-electron chi connectivity index (χ2n) is 4.66. The summed E-state index contributed by atoms with van der Waals surface area (Å²) < 4.78 is 0. The van der Waals surface area contributed by atoms with Crippen molar-refractivity contribution in [3.63, 3.8) is 0 Å². The number of amides is 1. The van der Waals surface area contributed by atoms with E-state index in [1.54, 1.807) is 0 Å². The normalized spacial score (nSPS) is 10.5. The van der Waals surface area contributed by atoms with Crippen LogP contribution in [0, 0.1) is 5.92 Å². The Kier molecular flexibility index (Phi) is 5.03. The van der Waals surface area contributed by atoms with Crippen molar-refractivity contribution >= 4 is 5.91 Å². The van der Waals surface area contributed by atoms with Crippen LogP contribution in [0.2, 0.25) is 0 Å². The number of benzene rings is 1. The van der Waals surface area contributed by atoms with E-state index in [9.17, 15) is 4.79 Å².